The Hall–Kier alpha value is -2.74. The topological polar surface area (TPSA) is 119 Å². The van der Waals surface area contributed by atoms with Crippen LogP contribution >= 0.6 is 0 Å². The molecule has 0 bridgehead atoms. The highest BCUT2D eigenvalue weighted by atomic mass is 16.6. The highest BCUT2D eigenvalue weighted by Crippen LogP contribution is 2.26. The summed E-state index contributed by atoms with van der Waals surface area (Å²) in [7, 11) is 0. The first-order chi connectivity index (χ1) is 10.0. The molecule has 0 aliphatic heterocycles. The number of hydrogen-bond acceptors (Lipinski definition) is 7. The lowest BCUT2D eigenvalue weighted by molar-refractivity contribution is -0.385. The lowest BCUT2D eigenvalue weighted by Crippen LogP contribution is -2.14. The van der Waals surface area contributed by atoms with Crippen molar-refractivity contribution in [2.45, 2.75) is 20.4 Å². The molecule has 2 rings (SSSR count). The van der Waals surface area contributed by atoms with Gasteiger partial charge in [0.25, 0.3) is 0 Å². The maximum atomic E-state index is 11.1. The van der Waals surface area contributed by atoms with Crippen molar-refractivity contribution < 1.29 is 4.92 Å². The molecule has 4 N–H and O–H groups in total. The normalized spacial score (nSPS) is 10.2. The molecule has 0 aliphatic carbocycles. The fourth-order valence-electron chi connectivity index (χ4n) is 1.87. The summed E-state index contributed by atoms with van der Waals surface area (Å²) in [5, 5.41) is 14.1. The van der Waals surface area contributed by atoms with Crippen LogP contribution in [0.25, 0.3) is 0 Å². The van der Waals surface area contributed by atoms with Gasteiger partial charge in [0.1, 0.15) is 5.69 Å². The molecule has 1 aromatic carbocycles. The molecule has 110 valence electrons. The fraction of sp³-hybridized carbons (Fsp3) is 0.231. The number of hydrogen-bond donors (Lipinski definition) is 3. The highest BCUT2D eigenvalue weighted by Gasteiger charge is 2.21. The first-order valence-corrected chi connectivity index (χ1v) is 6.30. The second-order valence-corrected chi connectivity index (χ2v) is 4.57. The third kappa shape index (κ3) is 3.42. The molecule has 0 unspecified atom stereocenters. The van der Waals surface area contributed by atoms with Crippen molar-refractivity contribution >= 4 is 17.5 Å². The van der Waals surface area contributed by atoms with Crippen molar-refractivity contribution in [1.29, 1.82) is 0 Å². The molecule has 0 atom stereocenters. The summed E-state index contributed by atoms with van der Waals surface area (Å²) in [5.41, 5.74) is 4.53. The average molecular weight is 288 g/mol. The average Bonchev–Trinajstić information content (AvgIpc) is 2.45. The van der Waals surface area contributed by atoms with Crippen LogP contribution in [0.15, 0.2) is 24.3 Å². The quantitative estimate of drug-likeness (QED) is 0.436. The standard InChI is InChI=1S/C13H16N6O2/c1-8-3-5-10(6-4-8)7-15-12-11(19(20)21)9(2)16-13(17-12)18-14/h3-6H,7,14H2,1-2H3,(H2,15,16,17,18). The molecule has 0 radical (unpaired) electrons. The van der Waals surface area contributed by atoms with Gasteiger partial charge in [-0.3, -0.25) is 15.5 Å². The van der Waals surface area contributed by atoms with E-state index in [0.29, 0.717) is 6.54 Å². The molecule has 2 aromatic rings. The Bertz CT molecular complexity index is 656. The molecule has 0 saturated carbocycles. The predicted octanol–water partition coefficient (Wildman–Crippen LogP) is 1.90. The number of nitrogens with two attached hydrogens (primary N) is 1. The van der Waals surface area contributed by atoms with Crippen LogP contribution in [0.4, 0.5) is 17.5 Å². The first-order valence-electron chi connectivity index (χ1n) is 6.30. The summed E-state index contributed by atoms with van der Waals surface area (Å²) in [4.78, 5) is 18.5. The number of nitro groups is 1. The molecule has 8 heteroatoms. The number of hydrazine groups is 1. The lowest BCUT2D eigenvalue weighted by atomic mass is 10.1. The minimum Gasteiger partial charge on any atom is -0.360 e. The second-order valence-electron chi connectivity index (χ2n) is 4.57. The van der Waals surface area contributed by atoms with Gasteiger partial charge in [-0.15, -0.1) is 0 Å². The molecule has 0 spiro atoms. The third-order valence-electron chi connectivity index (χ3n) is 2.95. The van der Waals surface area contributed by atoms with Crippen molar-refractivity contribution in [1.82, 2.24) is 9.97 Å². The Kier molecular flexibility index (Phi) is 4.29. The summed E-state index contributed by atoms with van der Waals surface area (Å²) in [6, 6.07) is 7.85. The number of benzene rings is 1. The summed E-state index contributed by atoms with van der Waals surface area (Å²) in [5.74, 6) is 5.53. The van der Waals surface area contributed by atoms with Crippen molar-refractivity contribution in [3.63, 3.8) is 0 Å². The number of nitrogens with zero attached hydrogens (tertiary/aromatic N) is 3. The summed E-state index contributed by atoms with van der Waals surface area (Å²) in [6.45, 7) is 3.95. The number of aryl methyl sites for hydroxylation is 2. The maximum Gasteiger partial charge on any atom is 0.332 e. The SMILES string of the molecule is Cc1ccc(CNc2nc(NN)nc(C)c2[N+](=O)[O-])cc1. The van der Waals surface area contributed by atoms with E-state index in [1.54, 1.807) is 0 Å². The van der Waals surface area contributed by atoms with Crippen LogP contribution in [0.2, 0.25) is 0 Å². The predicted molar refractivity (Wildman–Crippen MR) is 79.7 cm³/mol. The maximum absolute atomic E-state index is 11.1. The van der Waals surface area contributed by atoms with Crippen LogP contribution < -0.4 is 16.6 Å². The van der Waals surface area contributed by atoms with E-state index in [9.17, 15) is 10.1 Å². The zero-order chi connectivity index (χ0) is 15.4. The first kappa shape index (κ1) is 14.7. The van der Waals surface area contributed by atoms with Crippen LogP contribution in [-0.4, -0.2) is 14.9 Å². The molecule has 0 fully saturated rings. The van der Waals surface area contributed by atoms with E-state index in [1.807, 2.05) is 31.2 Å². The molecule has 1 aromatic heterocycles. The van der Waals surface area contributed by atoms with Gasteiger partial charge in [0.05, 0.1) is 4.92 Å². The van der Waals surface area contributed by atoms with Crippen molar-refractivity contribution in [3.05, 3.63) is 51.2 Å². The molecule has 21 heavy (non-hydrogen) atoms. The Morgan fingerprint density at radius 3 is 2.48 bits per heavy atom. The largest absolute Gasteiger partial charge is 0.360 e. The Morgan fingerprint density at radius 2 is 1.90 bits per heavy atom. The molecule has 8 nitrogen and oxygen atoms in total. The highest BCUT2D eigenvalue weighted by molar-refractivity contribution is 5.60. The molecule has 0 amide bonds. The van der Waals surface area contributed by atoms with E-state index in [4.69, 9.17) is 5.84 Å². The third-order valence-corrected chi connectivity index (χ3v) is 2.95. The van der Waals surface area contributed by atoms with Gasteiger partial charge in [0.2, 0.25) is 11.8 Å². The van der Waals surface area contributed by atoms with Crippen molar-refractivity contribution in [2.75, 3.05) is 10.7 Å². The zero-order valence-electron chi connectivity index (χ0n) is 11.8. The summed E-state index contributed by atoms with van der Waals surface area (Å²) < 4.78 is 0. The van der Waals surface area contributed by atoms with Gasteiger partial charge in [0.15, 0.2) is 0 Å². The van der Waals surface area contributed by atoms with Gasteiger partial charge in [-0.2, -0.15) is 4.98 Å². The molecular formula is C13H16N6O2. The molecule has 1 heterocycles. The summed E-state index contributed by atoms with van der Waals surface area (Å²) in [6.07, 6.45) is 0. The van der Waals surface area contributed by atoms with Crippen LogP contribution in [0.3, 0.4) is 0 Å². The number of rotatable bonds is 5. The number of anilines is 2. The van der Waals surface area contributed by atoms with E-state index in [2.05, 4.69) is 20.7 Å². The molecular weight excluding hydrogens is 272 g/mol. The van der Waals surface area contributed by atoms with E-state index in [0.717, 1.165) is 11.1 Å². The minimum absolute atomic E-state index is 0.129. The van der Waals surface area contributed by atoms with Crippen LogP contribution in [0.5, 0.6) is 0 Å². The zero-order valence-corrected chi connectivity index (χ0v) is 11.8. The van der Waals surface area contributed by atoms with Gasteiger partial charge in [0, 0.05) is 6.54 Å². The minimum atomic E-state index is -0.507. The Balaban J connectivity index is 2.27. The number of nitrogens with one attached hydrogen (secondary N) is 2. The fourth-order valence-corrected chi connectivity index (χ4v) is 1.87. The molecule has 0 aliphatic rings. The Labute approximate surface area is 121 Å². The van der Waals surface area contributed by atoms with Crippen molar-refractivity contribution in [2.24, 2.45) is 5.84 Å². The van der Waals surface area contributed by atoms with E-state index < -0.39 is 4.92 Å². The monoisotopic (exact) mass is 288 g/mol. The molecule has 0 saturated heterocycles. The van der Waals surface area contributed by atoms with Gasteiger partial charge >= 0.3 is 5.69 Å². The van der Waals surface area contributed by atoms with Gasteiger partial charge in [-0.25, -0.2) is 10.8 Å². The van der Waals surface area contributed by atoms with Crippen LogP contribution in [0.1, 0.15) is 16.8 Å². The van der Waals surface area contributed by atoms with E-state index in [-0.39, 0.29) is 23.1 Å². The summed E-state index contributed by atoms with van der Waals surface area (Å²) >= 11 is 0. The van der Waals surface area contributed by atoms with Crippen LogP contribution in [-0.2, 0) is 6.54 Å². The number of nitrogen functional groups attached to an aromatic ring is 1. The van der Waals surface area contributed by atoms with Gasteiger partial charge in [-0.1, -0.05) is 29.8 Å². The smallest absolute Gasteiger partial charge is 0.332 e. The van der Waals surface area contributed by atoms with E-state index in [1.165, 1.54) is 6.92 Å². The van der Waals surface area contributed by atoms with Crippen molar-refractivity contribution in [3.8, 4) is 0 Å². The van der Waals surface area contributed by atoms with Gasteiger partial charge in [-0.05, 0) is 19.4 Å². The lowest BCUT2D eigenvalue weighted by Gasteiger charge is -2.09. The Morgan fingerprint density at radius 1 is 1.24 bits per heavy atom. The van der Waals surface area contributed by atoms with Gasteiger partial charge < -0.3 is 5.32 Å². The van der Waals surface area contributed by atoms with E-state index >= 15 is 0 Å². The van der Waals surface area contributed by atoms with Crippen LogP contribution in [0, 0.1) is 24.0 Å². The second kappa shape index (κ2) is 6.14. The number of aromatic nitrogens is 2.